The quantitative estimate of drug-likeness (QED) is 0.534. The predicted molar refractivity (Wildman–Crippen MR) is 84.2 cm³/mol. The lowest BCUT2D eigenvalue weighted by atomic mass is 9.86. The monoisotopic (exact) mass is 264 g/mol. The Morgan fingerprint density at radius 2 is 1.95 bits per heavy atom. The Hall–Kier alpha value is -0.520. The van der Waals surface area contributed by atoms with Gasteiger partial charge >= 0.3 is 0 Å². The molecule has 0 radical (unpaired) electrons. The molecule has 0 spiro atoms. The number of likely N-dealkylation sites (tertiary alicyclic amines) is 1. The van der Waals surface area contributed by atoms with Gasteiger partial charge in [0.2, 0.25) is 0 Å². The summed E-state index contributed by atoms with van der Waals surface area (Å²) in [6.45, 7) is 11.3. The zero-order chi connectivity index (χ0) is 14.1. The van der Waals surface area contributed by atoms with Crippen molar-refractivity contribution in [3.63, 3.8) is 0 Å². The van der Waals surface area contributed by atoms with E-state index in [-0.39, 0.29) is 0 Å². The number of hydrogen-bond acceptors (Lipinski definition) is 2. The minimum Gasteiger partial charge on any atom is -0.313 e. The smallest absolute Gasteiger partial charge is 0.0598 e. The molecule has 110 valence electrons. The molecule has 0 aliphatic carbocycles. The van der Waals surface area contributed by atoms with Gasteiger partial charge in [-0.3, -0.25) is 4.90 Å². The molecule has 19 heavy (non-hydrogen) atoms. The van der Waals surface area contributed by atoms with Crippen LogP contribution in [0.5, 0.6) is 0 Å². The summed E-state index contributed by atoms with van der Waals surface area (Å²) in [5.41, 5.74) is 0.436. The van der Waals surface area contributed by atoms with Crippen LogP contribution < -0.4 is 5.32 Å². The first-order valence-corrected chi connectivity index (χ1v) is 7.96. The Bertz CT molecular complexity index is 269. The third-order valence-electron chi connectivity index (χ3n) is 4.23. The van der Waals surface area contributed by atoms with Gasteiger partial charge in [-0.15, -0.1) is 6.42 Å². The minimum atomic E-state index is 0.436. The molecule has 0 unspecified atom stereocenters. The number of nitrogens with zero attached hydrogens (tertiary/aromatic N) is 1. The lowest BCUT2D eigenvalue weighted by molar-refractivity contribution is 0.200. The molecule has 1 fully saturated rings. The van der Waals surface area contributed by atoms with Crippen molar-refractivity contribution >= 4 is 0 Å². The Morgan fingerprint density at radius 3 is 2.53 bits per heavy atom. The minimum absolute atomic E-state index is 0.436. The number of piperidine rings is 1. The molecule has 0 bridgehead atoms. The largest absolute Gasteiger partial charge is 0.313 e. The maximum Gasteiger partial charge on any atom is 0.0598 e. The lowest BCUT2D eigenvalue weighted by Crippen LogP contribution is -2.45. The highest BCUT2D eigenvalue weighted by Gasteiger charge is 2.22. The highest BCUT2D eigenvalue weighted by atomic mass is 15.1. The molecule has 0 atom stereocenters. The molecular weight excluding hydrogens is 232 g/mol. The van der Waals surface area contributed by atoms with Gasteiger partial charge in [0.25, 0.3) is 0 Å². The normalized spacial score (nSPS) is 18.4. The maximum atomic E-state index is 5.36. The number of unbranched alkanes of at least 4 members (excludes halogenated alkanes) is 2. The standard InChI is InChI=1S/C17H32N2/c1-5-7-8-11-17(3,4)15-18-16-9-13-19(12-6-2)14-10-16/h2,16,18H,5,7-15H2,1,3-4H3. The van der Waals surface area contributed by atoms with Gasteiger partial charge in [-0.05, 0) is 24.7 Å². The number of terminal acetylenes is 1. The summed E-state index contributed by atoms with van der Waals surface area (Å²) >= 11 is 0. The van der Waals surface area contributed by atoms with Crippen molar-refractivity contribution in [1.29, 1.82) is 0 Å². The van der Waals surface area contributed by atoms with Crippen LogP contribution in [-0.2, 0) is 0 Å². The Balaban J connectivity index is 2.17. The highest BCUT2D eigenvalue weighted by Crippen LogP contribution is 2.23. The molecule has 1 aliphatic rings. The van der Waals surface area contributed by atoms with E-state index in [4.69, 9.17) is 6.42 Å². The van der Waals surface area contributed by atoms with Gasteiger partial charge in [0, 0.05) is 25.7 Å². The Morgan fingerprint density at radius 1 is 1.26 bits per heavy atom. The van der Waals surface area contributed by atoms with Gasteiger partial charge in [-0.2, -0.15) is 0 Å². The summed E-state index contributed by atoms with van der Waals surface area (Å²) in [5.74, 6) is 2.74. The molecule has 0 aromatic carbocycles. The SMILES string of the molecule is C#CCN1CCC(NCC(C)(C)CCCCC)CC1. The van der Waals surface area contributed by atoms with Crippen molar-refractivity contribution in [2.45, 2.75) is 65.3 Å². The average Bonchev–Trinajstić information content (AvgIpc) is 2.39. The van der Waals surface area contributed by atoms with Gasteiger partial charge in [-0.25, -0.2) is 0 Å². The molecule has 1 aliphatic heterocycles. The van der Waals surface area contributed by atoms with Gasteiger partial charge in [-0.1, -0.05) is 46.0 Å². The molecule has 1 saturated heterocycles. The van der Waals surface area contributed by atoms with E-state index in [0.717, 1.165) is 26.2 Å². The maximum absolute atomic E-state index is 5.36. The van der Waals surface area contributed by atoms with Crippen LogP contribution in [0.2, 0.25) is 0 Å². The number of hydrogen-bond donors (Lipinski definition) is 1. The van der Waals surface area contributed by atoms with Crippen LogP contribution in [0.4, 0.5) is 0 Å². The first-order valence-electron chi connectivity index (χ1n) is 7.96. The summed E-state index contributed by atoms with van der Waals surface area (Å²) < 4.78 is 0. The molecule has 0 amide bonds. The van der Waals surface area contributed by atoms with Gasteiger partial charge < -0.3 is 5.32 Å². The third-order valence-corrected chi connectivity index (χ3v) is 4.23. The molecule has 1 N–H and O–H groups in total. The summed E-state index contributed by atoms with van der Waals surface area (Å²) in [6, 6.07) is 0.694. The van der Waals surface area contributed by atoms with Gasteiger partial charge in [0.1, 0.15) is 0 Å². The predicted octanol–water partition coefficient (Wildman–Crippen LogP) is 3.28. The zero-order valence-corrected chi connectivity index (χ0v) is 13.2. The molecule has 1 heterocycles. The second-order valence-electron chi connectivity index (χ2n) is 6.76. The van der Waals surface area contributed by atoms with E-state index < -0.39 is 0 Å². The van der Waals surface area contributed by atoms with E-state index in [1.165, 1.54) is 38.5 Å². The number of rotatable bonds is 8. The van der Waals surface area contributed by atoms with E-state index in [1.807, 2.05) is 0 Å². The second kappa shape index (κ2) is 8.61. The van der Waals surface area contributed by atoms with Crippen LogP contribution in [0.3, 0.4) is 0 Å². The van der Waals surface area contributed by atoms with E-state index in [0.29, 0.717) is 11.5 Å². The molecule has 0 aromatic rings. The average molecular weight is 264 g/mol. The van der Waals surface area contributed by atoms with Crippen LogP contribution in [0.25, 0.3) is 0 Å². The molecule has 0 aromatic heterocycles. The van der Waals surface area contributed by atoms with Crippen molar-refractivity contribution < 1.29 is 0 Å². The first-order chi connectivity index (χ1) is 9.07. The molecule has 2 nitrogen and oxygen atoms in total. The molecule has 2 heteroatoms. The fourth-order valence-corrected chi connectivity index (χ4v) is 2.79. The van der Waals surface area contributed by atoms with Gasteiger partial charge in [0.05, 0.1) is 6.54 Å². The van der Waals surface area contributed by atoms with Crippen LogP contribution >= 0.6 is 0 Å². The summed E-state index contributed by atoms with van der Waals surface area (Å²) in [4.78, 5) is 2.38. The third kappa shape index (κ3) is 6.99. The highest BCUT2D eigenvalue weighted by molar-refractivity contribution is 4.90. The van der Waals surface area contributed by atoms with E-state index in [1.54, 1.807) is 0 Å². The van der Waals surface area contributed by atoms with Crippen LogP contribution in [0.1, 0.15) is 59.3 Å². The van der Waals surface area contributed by atoms with Crippen LogP contribution in [0.15, 0.2) is 0 Å². The lowest BCUT2D eigenvalue weighted by Gasteiger charge is -2.34. The first kappa shape index (κ1) is 16.5. The van der Waals surface area contributed by atoms with Crippen molar-refractivity contribution in [2.24, 2.45) is 5.41 Å². The van der Waals surface area contributed by atoms with E-state index in [2.05, 4.69) is 36.9 Å². The molecule has 1 rings (SSSR count). The zero-order valence-electron chi connectivity index (χ0n) is 13.2. The summed E-state index contributed by atoms with van der Waals surface area (Å²) in [6.07, 6.45) is 13.2. The van der Waals surface area contributed by atoms with Crippen molar-refractivity contribution in [1.82, 2.24) is 10.2 Å². The molecular formula is C17H32N2. The van der Waals surface area contributed by atoms with Crippen LogP contribution in [-0.4, -0.2) is 37.1 Å². The number of nitrogens with one attached hydrogen (secondary N) is 1. The van der Waals surface area contributed by atoms with Crippen LogP contribution in [0, 0.1) is 17.8 Å². The molecule has 0 saturated carbocycles. The van der Waals surface area contributed by atoms with Crippen molar-refractivity contribution in [2.75, 3.05) is 26.2 Å². The van der Waals surface area contributed by atoms with Crippen molar-refractivity contribution in [3.05, 3.63) is 0 Å². The Kier molecular flexibility index (Phi) is 7.49. The fraction of sp³-hybridized carbons (Fsp3) is 0.882. The fourth-order valence-electron chi connectivity index (χ4n) is 2.79. The van der Waals surface area contributed by atoms with Crippen molar-refractivity contribution in [3.8, 4) is 12.3 Å². The van der Waals surface area contributed by atoms with E-state index in [9.17, 15) is 0 Å². The summed E-state index contributed by atoms with van der Waals surface area (Å²) in [7, 11) is 0. The topological polar surface area (TPSA) is 15.3 Å². The van der Waals surface area contributed by atoms with Gasteiger partial charge in [0.15, 0.2) is 0 Å². The summed E-state index contributed by atoms with van der Waals surface area (Å²) in [5, 5.41) is 3.77. The Labute approximate surface area is 120 Å². The van der Waals surface area contributed by atoms with E-state index >= 15 is 0 Å². The second-order valence-corrected chi connectivity index (χ2v) is 6.76.